The number of sulfonamides is 1. The van der Waals surface area contributed by atoms with Crippen LogP contribution in [0, 0.1) is 19.8 Å². The molecule has 0 aromatic heterocycles. The van der Waals surface area contributed by atoms with E-state index >= 15 is 0 Å². The van der Waals surface area contributed by atoms with Gasteiger partial charge in [-0.15, -0.1) is 0 Å². The quantitative estimate of drug-likeness (QED) is 0.283. The number of anilines is 2. The Kier molecular flexibility index (Phi) is 9.34. The minimum atomic E-state index is -3.76. The molecule has 3 N–H and O–H groups in total. The van der Waals surface area contributed by atoms with E-state index in [0.717, 1.165) is 23.0 Å². The predicted octanol–water partition coefficient (Wildman–Crippen LogP) is 3.91. The van der Waals surface area contributed by atoms with Crippen molar-refractivity contribution >= 4 is 57.9 Å². The Bertz CT molecular complexity index is 1370. The maximum atomic E-state index is 12.9. The summed E-state index contributed by atoms with van der Waals surface area (Å²) >= 11 is 5.31. The van der Waals surface area contributed by atoms with Gasteiger partial charge >= 0.3 is 0 Å². The SMILES string of the molecule is Bc1ccc(OCCC(C)C)c(C(=O)NC(=S)Nc2ccc(S(=O)(=O)Nc3cc(C)cc(C)c3)cc2)c1. The summed E-state index contributed by atoms with van der Waals surface area (Å²) in [7, 11) is -1.86. The molecule has 7 nitrogen and oxygen atoms in total. The average Bonchev–Trinajstić information content (AvgIpc) is 2.79. The lowest BCUT2D eigenvalue weighted by atomic mass is 9.94. The zero-order chi connectivity index (χ0) is 27.2. The van der Waals surface area contributed by atoms with Crippen LogP contribution < -0.4 is 25.6 Å². The standard InChI is InChI=1S/C27H32BN3O4S2/c1-17(2)11-12-35-25-10-5-20(28)16-24(25)26(32)30-27(36)29-21-6-8-23(9-7-21)37(33,34)31-22-14-18(3)13-19(4)15-22/h5-10,13-17,31H,11-12,28H2,1-4H3,(H2,29,30,32,36). The first-order valence-corrected chi connectivity index (χ1v) is 13.9. The summed E-state index contributed by atoms with van der Waals surface area (Å²) in [5.74, 6) is 0.596. The highest BCUT2D eigenvalue weighted by Crippen LogP contribution is 2.21. The zero-order valence-corrected chi connectivity index (χ0v) is 23.3. The Hall–Kier alpha value is -3.37. The Morgan fingerprint density at radius 3 is 2.24 bits per heavy atom. The second-order valence-corrected chi connectivity index (χ2v) is 11.5. The van der Waals surface area contributed by atoms with Crippen molar-refractivity contribution in [1.29, 1.82) is 0 Å². The molecule has 0 unspecified atom stereocenters. The summed E-state index contributed by atoms with van der Waals surface area (Å²) in [5, 5.41) is 5.68. The van der Waals surface area contributed by atoms with Crippen LogP contribution >= 0.6 is 12.2 Å². The molecule has 1 amide bonds. The molecule has 37 heavy (non-hydrogen) atoms. The summed E-state index contributed by atoms with van der Waals surface area (Å²) < 4.78 is 34.1. The lowest BCUT2D eigenvalue weighted by molar-refractivity contribution is 0.0973. The third-order valence-electron chi connectivity index (χ3n) is 5.46. The van der Waals surface area contributed by atoms with Gasteiger partial charge in [0.25, 0.3) is 15.9 Å². The second-order valence-electron chi connectivity index (χ2n) is 9.45. The molecular weight excluding hydrogens is 505 g/mol. The van der Waals surface area contributed by atoms with Crippen molar-refractivity contribution < 1.29 is 17.9 Å². The van der Waals surface area contributed by atoms with Crippen LogP contribution in [0.3, 0.4) is 0 Å². The number of hydrogen-bond acceptors (Lipinski definition) is 5. The normalized spacial score (nSPS) is 11.2. The lowest BCUT2D eigenvalue weighted by Crippen LogP contribution is -2.34. The number of ether oxygens (including phenoxy) is 1. The highest BCUT2D eigenvalue weighted by molar-refractivity contribution is 7.92. The molecule has 0 atom stereocenters. The van der Waals surface area contributed by atoms with Gasteiger partial charge in [0.2, 0.25) is 0 Å². The Morgan fingerprint density at radius 1 is 0.973 bits per heavy atom. The third kappa shape index (κ3) is 8.33. The van der Waals surface area contributed by atoms with Gasteiger partial charge in [0.05, 0.1) is 17.1 Å². The van der Waals surface area contributed by atoms with E-state index in [1.54, 1.807) is 36.4 Å². The van der Waals surface area contributed by atoms with E-state index in [2.05, 4.69) is 29.2 Å². The predicted molar refractivity (Wildman–Crippen MR) is 156 cm³/mol. The Balaban J connectivity index is 1.64. The van der Waals surface area contributed by atoms with Crippen molar-refractivity contribution in [3.63, 3.8) is 0 Å². The maximum absolute atomic E-state index is 12.9. The van der Waals surface area contributed by atoms with Crippen LogP contribution in [-0.2, 0) is 10.0 Å². The molecule has 3 aromatic carbocycles. The number of benzene rings is 3. The Labute approximate surface area is 225 Å². The summed E-state index contributed by atoms with van der Waals surface area (Å²) in [6.07, 6.45) is 0.876. The van der Waals surface area contributed by atoms with Crippen LogP contribution in [-0.4, -0.2) is 33.9 Å². The molecule has 3 rings (SSSR count). The molecule has 0 saturated heterocycles. The number of hydrogen-bond donors (Lipinski definition) is 3. The molecule has 0 spiro atoms. The molecule has 0 radical (unpaired) electrons. The van der Waals surface area contributed by atoms with Gasteiger partial charge in [-0.05, 0) is 92.0 Å². The van der Waals surface area contributed by atoms with E-state index in [9.17, 15) is 13.2 Å². The molecule has 194 valence electrons. The number of amides is 1. The van der Waals surface area contributed by atoms with Crippen LogP contribution in [0.15, 0.2) is 65.6 Å². The second kappa shape index (κ2) is 12.2. The number of carbonyl (C=O) groups is 1. The van der Waals surface area contributed by atoms with Gasteiger partial charge in [0.15, 0.2) is 5.11 Å². The Morgan fingerprint density at radius 2 is 1.62 bits per heavy atom. The van der Waals surface area contributed by atoms with Crippen molar-refractivity contribution in [1.82, 2.24) is 5.32 Å². The minimum absolute atomic E-state index is 0.0867. The monoisotopic (exact) mass is 537 g/mol. The van der Waals surface area contributed by atoms with Gasteiger partial charge in [-0.2, -0.15) is 0 Å². The molecule has 3 aromatic rings. The molecule has 0 bridgehead atoms. The fourth-order valence-electron chi connectivity index (χ4n) is 3.65. The summed E-state index contributed by atoms with van der Waals surface area (Å²) in [6.45, 7) is 8.55. The minimum Gasteiger partial charge on any atom is -0.493 e. The van der Waals surface area contributed by atoms with Crippen molar-refractivity contribution in [3.05, 3.63) is 77.4 Å². The zero-order valence-electron chi connectivity index (χ0n) is 21.7. The van der Waals surface area contributed by atoms with E-state index in [1.165, 1.54) is 12.1 Å². The van der Waals surface area contributed by atoms with Gasteiger partial charge in [-0.25, -0.2) is 8.42 Å². The van der Waals surface area contributed by atoms with Crippen molar-refractivity contribution in [2.45, 2.75) is 39.0 Å². The highest BCUT2D eigenvalue weighted by atomic mass is 32.2. The van der Waals surface area contributed by atoms with Gasteiger partial charge in [-0.1, -0.05) is 37.5 Å². The number of rotatable bonds is 9. The number of thiocarbonyl (C=S) groups is 1. The molecule has 10 heteroatoms. The van der Waals surface area contributed by atoms with Crippen molar-refractivity contribution in [2.75, 3.05) is 16.6 Å². The van der Waals surface area contributed by atoms with Gasteiger partial charge in [0, 0.05) is 11.4 Å². The number of aryl methyl sites for hydroxylation is 2. The fourth-order valence-corrected chi connectivity index (χ4v) is 4.90. The topological polar surface area (TPSA) is 96.5 Å². The van der Waals surface area contributed by atoms with Crippen LogP contribution in [0.25, 0.3) is 0 Å². The maximum Gasteiger partial charge on any atom is 0.261 e. The van der Waals surface area contributed by atoms with Crippen molar-refractivity contribution in [2.24, 2.45) is 5.92 Å². The van der Waals surface area contributed by atoms with Crippen molar-refractivity contribution in [3.8, 4) is 5.75 Å². The third-order valence-corrected chi connectivity index (χ3v) is 7.06. The first kappa shape index (κ1) is 28.2. The molecule has 0 aliphatic heterocycles. The lowest BCUT2D eigenvalue weighted by Gasteiger charge is -2.15. The van der Waals surface area contributed by atoms with E-state index in [-0.39, 0.29) is 10.0 Å². The van der Waals surface area contributed by atoms with Crippen LogP contribution in [0.2, 0.25) is 0 Å². The molecule has 0 saturated carbocycles. The van der Waals surface area contributed by atoms with E-state index in [0.29, 0.717) is 35.2 Å². The van der Waals surface area contributed by atoms with Crippen LogP contribution in [0.1, 0.15) is 41.8 Å². The average molecular weight is 538 g/mol. The van der Waals surface area contributed by atoms with Gasteiger partial charge < -0.3 is 10.1 Å². The van der Waals surface area contributed by atoms with E-state index in [4.69, 9.17) is 17.0 Å². The fraction of sp³-hybridized carbons (Fsp3) is 0.259. The summed E-state index contributed by atoms with van der Waals surface area (Å²) in [5.41, 5.74) is 4.29. The first-order chi connectivity index (χ1) is 17.4. The van der Waals surface area contributed by atoms with Crippen LogP contribution in [0.4, 0.5) is 11.4 Å². The summed E-state index contributed by atoms with van der Waals surface area (Å²) in [6, 6.07) is 17.1. The molecule has 0 heterocycles. The smallest absolute Gasteiger partial charge is 0.261 e. The molecule has 0 aliphatic rings. The van der Waals surface area contributed by atoms with Crippen LogP contribution in [0.5, 0.6) is 5.75 Å². The highest BCUT2D eigenvalue weighted by Gasteiger charge is 2.17. The largest absolute Gasteiger partial charge is 0.493 e. The van der Waals surface area contributed by atoms with E-state index in [1.807, 2.05) is 33.8 Å². The molecule has 0 aliphatic carbocycles. The molecule has 0 fully saturated rings. The summed E-state index contributed by atoms with van der Waals surface area (Å²) in [4.78, 5) is 13.0. The number of carbonyl (C=O) groups excluding carboxylic acids is 1. The molecular formula is C27H32BN3O4S2. The number of nitrogens with one attached hydrogen (secondary N) is 3. The first-order valence-electron chi connectivity index (χ1n) is 12.0. The van der Waals surface area contributed by atoms with E-state index < -0.39 is 15.9 Å². The van der Waals surface area contributed by atoms with Gasteiger partial charge in [0.1, 0.15) is 13.6 Å². The van der Waals surface area contributed by atoms with Gasteiger partial charge in [-0.3, -0.25) is 14.8 Å².